The molecule has 2 nitrogen and oxygen atoms in total. The molecule has 1 aromatic carbocycles. The van der Waals surface area contributed by atoms with E-state index in [4.69, 9.17) is 23.2 Å². The summed E-state index contributed by atoms with van der Waals surface area (Å²) in [7, 11) is 0. The van der Waals surface area contributed by atoms with Crippen LogP contribution in [-0.4, -0.2) is 17.3 Å². The van der Waals surface area contributed by atoms with Crippen molar-refractivity contribution < 1.29 is 4.79 Å². The van der Waals surface area contributed by atoms with Gasteiger partial charge in [-0.25, -0.2) is 0 Å². The Kier molecular flexibility index (Phi) is 4.93. The Hall–Kier alpha value is -0.250. The first-order valence-corrected chi connectivity index (χ1v) is 7.61. The largest absolute Gasteiger partial charge is 0.352 e. The highest BCUT2D eigenvalue weighted by Gasteiger charge is 2.23. The second kappa shape index (κ2) is 6.27. The van der Waals surface area contributed by atoms with E-state index < -0.39 is 0 Å². The fraction of sp³-hybridized carbons (Fsp3) is 0.462. The molecule has 2 atom stereocenters. The Balaban J connectivity index is 1.96. The number of carbonyl (C=O) groups excluding carboxylic acids is 1. The SMILES string of the molecule is O=C(NCC1CCC(Br)C1)c1c(Cl)cccc1Cl. The molecular formula is C13H14BrCl2NO. The van der Waals surface area contributed by atoms with Crippen molar-refractivity contribution >= 4 is 45.0 Å². The molecule has 0 saturated heterocycles. The second-order valence-electron chi connectivity index (χ2n) is 4.58. The predicted molar refractivity (Wildman–Crippen MR) is 78.9 cm³/mol. The van der Waals surface area contributed by atoms with Gasteiger partial charge in [0.25, 0.3) is 5.91 Å². The summed E-state index contributed by atoms with van der Waals surface area (Å²) in [5.41, 5.74) is 0.370. The Labute approximate surface area is 125 Å². The van der Waals surface area contributed by atoms with Gasteiger partial charge in [-0.15, -0.1) is 0 Å². The Morgan fingerprint density at radius 1 is 1.33 bits per heavy atom. The minimum atomic E-state index is -0.191. The molecular weight excluding hydrogens is 337 g/mol. The van der Waals surface area contributed by atoms with E-state index in [1.54, 1.807) is 18.2 Å². The van der Waals surface area contributed by atoms with Gasteiger partial charge in [0.2, 0.25) is 0 Å². The number of halogens is 3. The van der Waals surface area contributed by atoms with Crippen molar-refractivity contribution in [2.24, 2.45) is 5.92 Å². The van der Waals surface area contributed by atoms with E-state index in [9.17, 15) is 4.79 Å². The molecule has 0 bridgehead atoms. The van der Waals surface area contributed by atoms with Gasteiger partial charge in [0.15, 0.2) is 0 Å². The van der Waals surface area contributed by atoms with Gasteiger partial charge in [0, 0.05) is 11.4 Å². The number of benzene rings is 1. The number of hydrogen-bond donors (Lipinski definition) is 1. The number of hydrogen-bond acceptors (Lipinski definition) is 1. The number of nitrogens with one attached hydrogen (secondary N) is 1. The molecule has 1 amide bonds. The van der Waals surface area contributed by atoms with E-state index in [0.717, 1.165) is 12.8 Å². The molecule has 1 N–H and O–H groups in total. The highest BCUT2D eigenvalue weighted by atomic mass is 79.9. The van der Waals surface area contributed by atoms with Crippen molar-refractivity contribution in [2.45, 2.75) is 24.1 Å². The zero-order valence-corrected chi connectivity index (χ0v) is 12.9. The summed E-state index contributed by atoms with van der Waals surface area (Å²) in [6, 6.07) is 5.08. The standard InChI is InChI=1S/C13H14BrCl2NO/c14-9-5-4-8(6-9)7-17-13(18)12-10(15)2-1-3-11(12)16/h1-3,8-9H,4-7H2,(H,17,18). The first kappa shape index (κ1) is 14.2. The molecule has 2 unspecified atom stereocenters. The highest BCUT2D eigenvalue weighted by molar-refractivity contribution is 9.09. The van der Waals surface area contributed by atoms with Crippen LogP contribution >= 0.6 is 39.1 Å². The fourth-order valence-electron chi connectivity index (χ4n) is 2.24. The lowest BCUT2D eigenvalue weighted by Gasteiger charge is -2.12. The van der Waals surface area contributed by atoms with E-state index in [0.29, 0.717) is 32.9 Å². The normalized spacial score (nSPS) is 23.1. The maximum atomic E-state index is 12.0. The van der Waals surface area contributed by atoms with Crippen LogP contribution in [-0.2, 0) is 0 Å². The van der Waals surface area contributed by atoms with E-state index in [2.05, 4.69) is 21.2 Å². The van der Waals surface area contributed by atoms with Crippen molar-refractivity contribution in [1.82, 2.24) is 5.32 Å². The molecule has 5 heteroatoms. The van der Waals surface area contributed by atoms with Crippen LogP contribution in [0.2, 0.25) is 10.0 Å². The fourth-order valence-corrected chi connectivity index (χ4v) is 3.60. The van der Waals surface area contributed by atoms with Gasteiger partial charge in [0.1, 0.15) is 0 Å². The van der Waals surface area contributed by atoms with Gasteiger partial charge >= 0.3 is 0 Å². The van der Waals surface area contributed by atoms with Crippen molar-refractivity contribution in [3.8, 4) is 0 Å². The molecule has 0 heterocycles. The molecule has 0 aromatic heterocycles. The maximum Gasteiger partial charge on any atom is 0.254 e. The van der Waals surface area contributed by atoms with E-state index in [-0.39, 0.29) is 5.91 Å². The molecule has 0 radical (unpaired) electrons. The number of amides is 1. The van der Waals surface area contributed by atoms with Gasteiger partial charge in [-0.2, -0.15) is 0 Å². The number of carbonyl (C=O) groups is 1. The molecule has 18 heavy (non-hydrogen) atoms. The maximum absolute atomic E-state index is 12.0. The second-order valence-corrected chi connectivity index (χ2v) is 6.69. The third-order valence-corrected chi connectivity index (χ3v) is 4.68. The summed E-state index contributed by atoms with van der Waals surface area (Å²) in [5.74, 6) is 0.350. The quantitative estimate of drug-likeness (QED) is 0.809. The van der Waals surface area contributed by atoms with Crippen LogP contribution in [0.4, 0.5) is 0 Å². The topological polar surface area (TPSA) is 29.1 Å². The van der Waals surface area contributed by atoms with Gasteiger partial charge in [-0.3, -0.25) is 4.79 Å². The molecule has 0 spiro atoms. The zero-order valence-electron chi connectivity index (χ0n) is 9.76. The van der Waals surface area contributed by atoms with E-state index >= 15 is 0 Å². The highest BCUT2D eigenvalue weighted by Crippen LogP contribution is 2.30. The van der Waals surface area contributed by atoms with Crippen LogP contribution < -0.4 is 5.32 Å². The molecule has 98 valence electrons. The van der Waals surface area contributed by atoms with Crippen molar-refractivity contribution in [2.75, 3.05) is 6.54 Å². The number of alkyl halides is 1. The van der Waals surface area contributed by atoms with Gasteiger partial charge < -0.3 is 5.32 Å². The number of rotatable bonds is 3. The third kappa shape index (κ3) is 3.40. The predicted octanol–water partition coefficient (Wildman–Crippen LogP) is 4.29. The Morgan fingerprint density at radius 2 is 2.00 bits per heavy atom. The van der Waals surface area contributed by atoms with Crippen molar-refractivity contribution in [1.29, 1.82) is 0 Å². The molecule has 1 aromatic rings. The van der Waals surface area contributed by atoms with Crippen LogP contribution in [0.1, 0.15) is 29.6 Å². The first-order chi connectivity index (χ1) is 8.58. The molecule has 1 fully saturated rings. The average molecular weight is 351 g/mol. The Bertz CT molecular complexity index is 432. The monoisotopic (exact) mass is 349 g/mol. The molecule has 1 aliphatic rings. The van der Waals surface area contributed by atoms with Gasteiger partial charge in [0.05, 0.1) is 15.6 Å². The summed E-state index contributed by atoms with van der Waals surface area (Å²) < 4.78 is 0. The lowest BCUT2D eigenvalue weighted by molar-refractivity contribution is 0.0947. The third-order valence-electron chi connectivity index (χ3n) is 3.22. The van der Waals surface area contributed by atoms with Crippen LogP contribution in [0.5, 0.6) is 0 Å². The molecule has 2 rings (SSSR count). The average Bonchev–Trinajstić information content (AvgIpc) is 2.72. The van der Waals surface area contributed by atoms with E-state index in [1.165, 1.54) is 6.42 Å². The van der Waals surface area contributed by atoms with Crippen LogP contribution in [0.15, 0.2) is 18.2 Å². The van der Waals surface area contributed by atoms with Crippen LogP contribution in [0.3, 0.4) is 0 Å². The van der Waals surface area contributed by atoms with Crippen molar-refractivity contribution in [3.63, 3.8) is 0 Å². The summed E-state index contributed by atoms with van der Waals surface area (Å²) in [5, 5.41) is 3.70. The first-order valence-electron chi connectivity index (χ1n) is 5.94. The molecule has 0 aliphatic heterocycles. The molecule has 1 aliphatic carbocycles. The van der Waals surface area contributed by atoms with E-state index in [1.807, 2.05) is 0 Å². The minimum absolute atomic E-state index is 0.191. The van der Waals surface area contributed by atoms with Crippen LogP contribution in [0.25, 0.3) is 0 Å². The summed E-state index contributed by atoms with van der Waals surface area (Å²) in [6.07, 6.45) is 3.43. The summed E-state index contributed by atoms with van der Waals surface area (Å²) in [6.45, 7) is 0.683. The van der Waals surface area contributed by atoms with Gasteiger partial charge in [-0.1, -0.05) is 45.2 Å². The van der Waals surface area contributed by atoms with Crippen LogP contribution in [0, 0.1) is 5.92 Å². The smallest absolute Gasteiger partial charge is 0.254 e. The van der Waals surface area contributed by atoms with Gasteiger partial charge in [-0.05, 0) is 37.3 Å². The minimum Gasteiger partial charge on any atom is -0.352 e. The lowest BCUT2D eigenvalue weighted by Crippen LogP contribution is -2.29. The zero-order chi connectivity index (χ0) is 13.1. The summed E-state index contributed by atoms with van der Waals surface area (Å²) >= 11 is 15.6. The molecule has 1 saturated carbocycles. The summed E-state index contributed by atoms with van der Waals surface area (Å²) in [4.78, 5) is 12.6. The van der Waals surface area contributed by atoms with Crippen molar-refractivity contribution in [3.05, 3.63) is 33.8 Å². The Morgan fingerprint density at radius 3 is 2.56 bits per heavy atom. The lowest BCUT2D eigenvalue weighted by atomic mass is 10.1.